The minimum Gasteiger partial charge on any atom is -0.480 e. The van der Waals surface area contributed by atoms with E-state index in [1.54, 1.807) is 0 Å². The lowest BCUT2D eigenvalue weighted by Crippen LogP contribution is -2.58. The van der Waals surface area contributed by atoms with Gasteiger partial charge in [0.2, 0.25) is 0 Å². The first-order valence-corrected chi connectivity index (χ1v) is 5.13. The van der Waals surface area contributed by atoms with E-state index in [-0.39, 0.29) is 6.61 Å². The third-order valence-electron chi connectivity index (χ3n) is 2.50. The molecule has 1 aliphatic rings. The Balaban J connectivity index is 2.56. The zero-order chi connectivity index (χ0) is 10.6. The number of hydrogen-bond donors (Lipinski definition) is 2. The van der Waals surface area contributed by atoms with E-state index in [4.69, 9.17) is 9.84 Å². The fraction of sp³-hybridized carbons (Fsp3) is 0.900. The zero-order valence-corrected chi connectivity index (χ0v) is 8.88. The van der Waals surface area contributed by atoms with Gasteiger partial charge in [0.15, 0.2) is 0 Å². The molecule has 0 radical (unpaired) electrons. The third-order valence-corrected chi connectivity index (χ3v) is 2.50. The number of aliphatic carboxylic acids is 1. The van der Waals surface area contributed by atoms with Crippen LogP contribution in [0.4, 0.5) is 0 Å². The van der Waals surface area contributed by atoms with Crippen LogP contribution in [0.2, 0.25) is 0 Å². The van der Waals surface area contributed by atoms with Crippen molar-refractivity contribution in [2.75, 3.05) is 19.8 Å². The van der Waals surface area contributed by atoms with Crippen LogP contribution < -0.4 is 5.32 Å². The minimum atomic E-state index is -0.845. The monoisotopic (exact) mass is 201 g/mol. The van der Waals surface area contributed by atoms with E-state index in [9.17, 15) is 4.79 Å². The van der Waals surface area contributed by atoms with Crippen molar-refractivity contribution in [1.82, 2.24) is 5.32 Å². The van der Waals surface area contributed by atoms with Gasteiger partial charge in [-0.1, -0.05) is 13.8 Å². The molecule has 1 rings (SSSR count). The summed E-state index contributed by atoms with van der Waals surface area (Å²) in [6.45, 7) is 5.81. The van der Waals surface area contributed by atoms with Crippen LogP contribution in [-0.4, -0.2) is 36.4 Å². The van der Waals surface area contributed by atoms with E-state index in [0.29, 0.717) is 18.9 Å². The molecule has 0 aliphatic carbocycles. The molecule has 14 heavy (non-hydrogen) atoms. The molecule has 0 amide bonds. The van der Waals surface area contributed by atoms with Crippen LogP contribution in [-0.2, 0) is 9.53 Å². The van der Waals surface area contributed by atoms with Gasteiger partial charge in [0, 0.05) is 6.61 Å². The Labute approximate surface area is 84.6 Å². The molecule has 1 heterocycles. The molecule has 0 aromatic carbocycles. The molecular formula is C10H19NO3. The zero-order valence-electron chi connectivity index (χ0n) is 8.88. The third kappa shape index (κ3) is 2.69. The molecule has 0 spiro atoms. The minimum absolute atomic E-state index is 0.287. The van der Waals surface area contributed by atoms with Gasteiger partial charge in [0.25, 0.3) is 0 Å². The highest BCUT2D eigenvalue weighted by Gasteiger charge is 2.40. The molecule has 2 N–H and O–H groups in total. The number of carboxylic acids is 1. The Hall–Kier alpha value is -0.610. The van der Waals surface area contributed by atoms with Crippen LogP contribution in [0.25, 0.3) is 0 Å². The maximum absolute atomic E-state index is 11.1. The molecule has 82 valence electrons. The standard InChI is InChI=1S/C10H19NO3/c1-8(2)6-11-10(9(12)13)4-3-5-14-7-10/h8,11H,3-7H2,1-2H3,(H,12,13). The van der Waals surface area contributed by atoms with Crippen molar-refractivity contribution < 1.29 is 14.6 Å². The molecule has 4 nitrogen and oxygen atoms in total. The lowest BCUT2D eigenvalue weighted by molar-refractivity contribution is -0.151. The average Bonchev–Trinajstić information content (AvgIpc) is 2.16. The highest BCUT2D eigenvalue weighted by atomic mass is 16.5. The number of nitrogens with one attached hydrogen (secondary N) is 1. The number of carbonyl (C=O) groups is 1. The molecule has 1 aliphatic heterocycles. The fourth-order valence-corrected chi connectivity index (χ4v) is 1.58. The summed E-state index contributed by atoms with van der Waals surface area (Å²) in [5.74, 6) is -0.342. The molecule has 1 unspecified atom stereocenters. The van der Waals surface area contributed by atoms with Gasteiger partial charge < -0.3 is 9.84 Å². The van der Waals surface area contributed by atoms with Gasteiger partial charge in [0.05, 0.1) is 6.61 Å². The predicted molar refractivity (Wildman–Crippen MR) is 53.3 cm³/mol. The number of carboxylic acid groups (broad SMARTS) is 1. The predicted octanol–water partition coefficient (Wildman–Crippen LogP) is 0.866. The van der Waals surface area contributed by atoms with Gasteiger partial charge in [-0.3, -0.25) is 10.1 Å². The highest BCUT2D eigenvalue weighted by molar-refractivity contribution is 5.79. The highest BCUT2D eigenvalue weighted by Crippen LogP contribution is 2.19. The van der Waals surface area contributed by atoms with E-state index in [0.717, 1.165) is 13.0 Å². The molecule has 0 aromatic rings. The Morgan fingerprint density at radius 3 is 2.79 bits per heavy atom. The number of hydrogen-bond acceptors (Lipinski definition) is 3. The molecule has 0 bridgehead atoms. The van der Waals surface area contributed by atoms with E-state index in [1.807, 2.05) is 0 Å². The van der Waals surface area contributed by atoms with Crippen LogP contribution in [0.5, 0.6) is 0 Å². The van der Waals surface area contributed by atoms with Gasteiger partial charge >= 0.3 is 5.97 Å². The quantitative estimate of drug-likeness (QED) is 0.708. The fourth-order valence-electron chi connectivity index (χ4n) is 1.58. The Kier molecular flexibility index (Phi) is 3.89. The van der Waals surface area contributed by atoms with E-state index >= 15 is 0 Å². The summed E-state index contributed by atoms with van der Waals surface area (Å²) in [6, 6.07) is 0. The molecule has 0 saturated carbocycles. The summed E-state index contributed by atoms with van der Waals surface area (Å²) in [7, 11) is 0. The second-order valence-corrected chi connectivity index (χ2v) is 4.32. The lowest BCUT2D eigenvalue weighted by atomic mass is 9.92. The van der Waals surface area contributed by atoms with E-state index < -0.39 is 11.5 Å². The van der Waals surface area contributed by atoms with Crippen LogP contribution >= 0.6 is 0 Å². The van der Waals surface area contributed by atoms with Crippen LogP contribution in [0.3, 0.4) is 0 Å². The normalized spacial score (nSPS) is 27.9. The van der Waals surface area contributed by atoms with Crippen LogP contribution in [0, 0.1) is 5.92 Å². The first-order valence-electron chi connectivity index (χ1n) is 5.13. The second kappa shape index (κ2) is 4.75. The number of ether oxygens (including phenoxy) is 1. The van der Waals surface area contributed by atoms with Gasteiger partial charge in [-0.15, -0.1) is 0 Å². The second-order valence-electron chi connectivity index (χ2n) is 4.32. The van der Waals surface area contributed by atoms with Crippen molar-refractivity contribution in [2.24, 2.45) is 5.92 Å². The summed E-state index contributed by atoms with van der Waals surface area (Å²) >= 11 is 0. The lowest BCUT2D eigenvalue weighted by Gasteiger charge is -2.34. The first-order chi connectivity index (χ1) is 6.57. The molecule has 1 fully saturated rings. The van der Waals surface area contributed by atoms with Crippen molar-refractivity contribution in [3.63, 3.8) is 0 Å². The van der Waals surface area contributed by atoms with Gasteiger partial charge in [-0.25, -0.2) is 0 Å². The molecule has 4 heteroatoms. The SMILES string of the molecule is CC(C)CNC1(C(=O)O)CCCOC1. The molecular weight excluding hydrogens is 182 g/mol. The van der Waals surface area contributed by atoms with Gasteiger partial charge in [-0.05, 0) is 25.3 Å². The molecule has 1 atom stereocenters. The Morgan fingerprint density at radius 1 is 1.64 bits per heavy atom. The van der Waals surface area contributed by atoms with Crippen LogP contribution in [0.15, 0.2) is 0 Å². The summed E-state index contributed by atoms with van der Waals surface area (Å²) < 4.78 is 5.24. The maximum Gasteiger partial charge on any atom is 0.326 e. The summed E-state index contributed by atoms with van der Waals surface area (Å²) in [5, 5.41) is 12.3. The van der Waals surface area contributed by atoms with Crippen molar-refractivity contribution >= 4 is 5.97 Å². The smallest absolute Gasteiger partial charge is 0.326 e. The molecule has 1 saturated heterocycles. The Bertz CT molecular complexity index is 198. The van der Waals surface area contributed by atoms with E-state index in [2.05, 4.69) is 19.2 Å². The van der Waals surface area contributed by atoms with Crippen LogP contribution in [0.1, 0.15) is 26.7 Å². The summed E-state index contributed by atoms with van der Waals surface area (Å²) in [4.78, 5) is 11.1. The maximum atomic E-state index is 11.1. The molecule has 0 aromatic heterocycles. The topological polar surface area (TPSA) is 58.6 Å². The number of rotatable bonds is 4. The Morgan fingerprint density at radius 2 is 2.36 bits per heavy atom. The van der Waals surface area contributed by atoms with Gasteiger partial charge in [0.1, 0.15) is 5.54 Å². The van der Waals surface area contributed by atoms with Crippen molar-refractivity contribution in [2.45, 2.75) is 32.2 Å². The van der Waals surface area contributed by atoms with E-state index in [1.165, 1.54) is 0 Å². The van der Waals surface area contributed by atoms with Crippen molar-refractivity contribution in [1.29, 1.82) is 0 Å². The van der Waals surface area contributed by atoms with Crippen molar-refractivity contribution in [3.05, 3.63) is 0 Å². The summed E-state index contributed by atoms with van der Waals surface area (Å²) in [5.41, 5.74) is -0.845. The van der Waals surface area contributed by atoms with Gasteiger partial charge in [-0.2, -0.15) is 0 Å². The average molecular weight is 201 g/mol. The summed E-state index contributed by atoms with van der Waals surface area (Å²) in [6.07, 6.45) is 1.48. The van der Waals surface area contributed by atoms with Crippen molar-refractivity contribution in [3.8, 4) is 0 Å². The largest absolute Gasteiger partial charge is 0.480 e. The first kappa shape index (κ1) is 11.5.